The summed E-state index contributed by atoms with van der Waals surface area (Å²) < 4.78 is 0. The minimum absolute atomic E-state index is 0.0424. The van der Waals surface area contributed by atoms with Gasteiger partial charge in [0.05, 0.1) is 0 Å². The predicted molar refractivity (Wildman–Crippen MR) is 78.8 cm³/mol. The number of carbonyl (C=O) groups excluding carboxylic acids is 1. The van der Waals surface area contributed by atoms with Crippen LogP contribution in [0.1, 0.15) is 12.5 Å². The molecular formula is C15H17NOS. The van der Waals surface area contributed by atoms with Crippen molar-refractivity contribution in [1.29, 1.82) is 0 Å². The summed E-state index contributed by atoms with van der Waals surface area (Å²) >= 11 is 1.85. The van der Waals surface area contributed by atoms with E-state index in [4.69, 9.17) is 0 Å². The van der Waals surface area contributed by atoms with Crippen LogP contribution >= 0.6 is 11.8 Å². The van der Waals surface area contributed by atoms with Crippen LogP contribution in [0.3, 0.4) is 0 Å². The molecule has 3 heteroatoms. The second-order valence-corrected chi connectivity index (χ2v) is 5.28. The largest absolute Gasteiger partial charge is 0.356 e. The molecule has 2 rings (SSSR count). The summed E-state index contributed by atoms with van der Waals surface area (Å²) in [7, 11) is 0. The van der Waals surface area contributed by atoms with E-state index in [-0.39, 0.29) is 5.91 Å². The van der Waals surface area contributed by atoms with E-state index in [2.05, 4.69) is 47.8 Å². The fourth-order valence-electron chi connectivity index (χ4n) is 1.90. The maximum Gasteiger partial charge on any atom is 0.216 e. The van der Waals surface area contributed by atoms with Gasteiger partial charge in [0, 0.05) is 25.0 Å². The Kier molecular flexibility index (Phi) is 4.65. The Morgan fingerprint density at radius 3 is 2.78 bits per heavy atom. The lowest BCUT2D eigenvalue weighted by Crippen LogP contribution is -2.22. The summed E-state index contributed by atoms with van der Waals surface area (Å²) in [5, 5.41) is 5.42. The quantitative estimate of drug-likeness (QED) is 0.835. The van der Waals surface area contributed by atoms with Gasteiger partial charge in [-0.05, 0) is 16.3 Å². The molecule has 0 heterocycles. The van der Waals surface area contributed by atoms with Gasteiger partial charge in [0.25, 0.3) is 0 Å². The fourth-order valence-corrected chi connectivity index (χ4v) is 2.76. The zero-order valence-corrected chi connectivity index (χ0v) is 11.3. The van der Waals surface area contributed by atoms with Crippen molar-refractivity contribution in [3.63, 3.8) is 0 Å². The number of amides is 1. The van der Waals surface area contributed by atoms with Gasteiger partial charge < -0.3 is 5.32 Å². The molecule has 0 aliphatic rings. The average Bonchev–Trinajstić information content (AvgIpc) is 2.38. The molecule has 0 aliphatic carbocycles. The van der Waals surface area contributed by atoms with E-state index in [0.29, 0.717) is 0 Å². The summed E-state index contributed by atoms with van der Waals surface area (Å²) in [5.41, 5.74) is 1.36. The number of thioether (sulfide) groups is 1. The Morgan fingerprint density at radius 1 is 1.17 bits per heavy atom. The van der Waals surface area contributed by atoms with E-state index in [1.807, 2.05) is 11.8 Å². The molecule has 0 bridgehead atoms. The van der Waals surface area contributed by atoms with Crippen LogP contribution in [0.5, 0.6) is 0 Å². The number of fused-ring (bicyclic) bond motifs is 1. The Balaban J connectivity index is 1.93. The van der Waals surface area contributed by atoms with E-state index in [9.17, 15) is 4.79 Å². The Bertz CT molecular complexity index is 534. The second-order valence-electron chi connectivity index (χ2n) is 4.17. The Hall–Kier alpha value is -1.48. The van der Waals surface area contributed by atoms with Crippen LogP contribution < -0.4 is 5.32 Å². The van der Waals surface area contributed by atoms with Crippen LogP contribution in [-0.4, -0.2) is 18.2 Å². The highest BCUT2D eigenvalue weighted by Crippen LogP contribution is 2.22. The fraction of sp³-hybridized carbons (Fsp3) is 0.267. The van der Waals surface area contributed by atoms with Gasteiger partial charge in [0.15, 0.2) is 0 Å². The van der Waals surface area contributed by atoms with Gasteiger partial charge in [-0.25, -0.2) is 0 Å². The van der Waals surface area contributed by atoms with Crippen LogP contribution in [0.2, 0.25) is 0 Å². The van der Waals surface area contributed by atoms with E-state index >= 15 is 0 Å². The monoisotopic (exact) mass is 259 g/mol. The van der Waals surface area contributed by atoms with Crippen molar-refractivity contribution < 1.29 is 4.79 Å². The van der Waals surface area contributed by atoms with Gasteiger partial charge in [0.1, 0.15) is 0 Å². The number of carbonyl (C=O) groups is 1. The van der Waals surface area contributed by atoms with E-state index in [0.717, 1.165) is 18.1 Å². The van der Waals surface area contributed by atoms with Crippen molar-refractivity contribution >= 4 is 28.4 Å². The summed E-state index contributed by atoms with van der Waals surface area (Å²) in [6.45, 7) is 2.29. The number of benzene rings is 2. The molecule has 2 aromatic carbocycles. The molecule has 0 atom stereocenters. The third-order valence-electron chi connectivity index (χ3n) is 2.76. The van der Waals surface area contributed by atoms with Crippen LogP contribution in [0.4, 0.5) is 0 Å². The minimum atomic E-state index is 0.0424. The molecule has 0 spiro atoms. The molecule has 0 aliphatic heterocycles. The molecule has 0 radical (unpaired) electrons. The first-order valence-electron chi connectivity index (χ1n) is 6.06. The van der Waals surface area contributed by atoms with E-state index in [1.165, 1.54) is 16.3 Å². The molecule has 2 aromatic rings. The van der Waals surface area contributed by atoms with E-state index < -0.39 is 0 Å². The standard InChI is InChI=1S/C15H17NOS/c1-12(17)16-9-10-18-11-14-7-4-6-13-5-2-3-8-15(13)14/h2-8H,9-11H2,1H3,(H,16,17). The first-order chi connectivity index (χ1) is 8.77. The minimum Gasteiger partial charge on any atom is -0.356 e. The van der Waals surface area contributed by atoms with Crippen molar-refractivity contribution in [3.8, 4) is 0 Å². The smallest absolute Gasteiger partial charge is 0.216 e. The molecule has 1 amide bonds. The normalized spacial score (nSPS) is 10.5. The zero-order chi connectivity index (χ0) is 12.8. The molecule has 18 heavy (non-hydrogen) atoms. The summed E-state index contributed by atoms with van der Waals surface area (Å²) in [5.74, 6) is 1.98. The summed E-state index contributed by atoms with van der Waals surface area (Å²) in [6.07, 6.45) is 0. The van der Waals surface area contributed by atoms with Crippen molar-refractivity contribution in [1.82, 2.24) is 5.32 Å². The number of rotatable bonds is 5. The van der Waals surface area contributed by atoms with Crippen LogP contribution in [0.25, 0.3) is 10.8 Å². The predicted octanol–water partition coefficient (Wildman–Crippen LogP) is 3.21. The number of hydrogen-bond donors (Lipinski definition) is 1. The average molecular weight is 259 g/mol. The summed E-state index contributed by atoms with van der Waals surface area (Å²) in [4.78, 5) is 10.7. The molecule has 0 unspecified atom stereocenters. The first kappa shape index (κ1) is 13.0. The molecule has 0 fully saturated rings. The first-order valence-corrected chi connectivity index (χ1v) is 7.21. The van der Waals surface area contributed by atoms with Crippen LogP contribution in [0, 0.1) is 0 Å². The van der Waals surface area contributed by atoms with Gasteiger partial charge in [0.2, 0.25) is 5.91 Å². The Labute approximate surface area is 112 Å². The lowest BCUT2D eigenvalue weighted by molar-refractivity contribution is -0.118. The number of nitrogens with one attached hydrogen (secondary N) is 1. The van der Waals surface area contributed by atoms with Crippen LogP contribution in [0.15, 0.2) is 42.5 Å². The maximum absolute atomic E-state index is 10.7. The second kappa shape index (κ2) is 6.45. The van der Waals surface area contributed by atoms with Gasteiger partial charge in [-0.2, -0.15) is 11.8 Å². The topological polar surface area (TPSA) is 29.1 Å². The third kappa shape index (κ3) is 3.50. The molecule has 1 N–H and O–H groups in total. The van der Waals surface area contributed by atoms with Gasteiger partial charge >= 0.3 is 0 Å². The SMILES string of the molecule is CC(=O)NCCSCc1cccc2ccccc12. The molecule has 0 aromatic heterocycles. The Morgan fingerprint density at radius 2 is 1.94 bits per heavy atom. The molecule has 0 saturated heterocycles. The number of hydrogen-bond acceptors (Lipinski definition) is 2. The molecular weight excluding hydrogens is 242 g/mol. The van der Waals surface area contributed by atoms with Crippen molar-refractivity contribution in [3.05, 3.63) is 48.0 Å². The van der Waals surface area contributed by atoms with Crippen molar-refractivity contribution in [2.45, 2.75) is 12.7 Å². The van der Waals surface area contributed by atoms with Crippen molar-refractivity contribution in [2.24, 2.45) is 0 Å². The lowest BCUT2D eigenvalue weighted by Gasteiger charge is -2.06. The highest BCUT2D eigenvalue weighted by atomic mass is 32.2. The van der Waals surface area contributed by atoms with Gasteiger partial charge in [-0.15, -0.1) is 0 Å². The molecule has 2 nitrogen and oxygen atoms in total. The highest BCUT2D eigenvalue weighted by Gasteiger charge is 2.00. The van der Waals surface area contributed by atoms with Gasteiger partial charge in [-0.3, -0.25) is 4.79 Å². The van der Waals surface area contributed by atoms with Crippen molar-refractivity contribution in [2.75, 3.05) is 12.3 Å². The van der Waals surface area contributed by atoms with Gasteiger partial charge in [-0.1, -0.05) is 42.5 Å². The lowest BCUT2D eigenvalue weighted by atomic mass is 10.1. The highest BCUT2D eigenvalue weighted by molar-refractivity contribution is 7.98. The summed E-state index contributed by atoms with van der Waals surface area (Å²) in [6, 6.07) is 14.9. The van der Waals surface area contributed by atoms with Crippen LogP contribution in [-0.2, 0) is 10.5 Å². The maximum atomic E-state index is 10.7. The zero-order valence-electron chi connectivity index (χ0n) is 10.5. The van der Waals surface area contributed by atoms with E-state index in [1.54, 1.807) is 6.92 Å². The molecule has 0 saturated carbocycles. The molecule has 94 valence electrons. The third-order valence-corrected chi connectivity index (χ3v) is 3.77.